The van der Waals surface area contributed by atoms with Gasteiger partial charge in [0, 0.05) is 24.9 Å². The number of hydrogen-bond acceptors (Lipinski definition) is 8. The van der Waals surface area contributed by atoms with Gasteiger partial charge in [-0.25, -0.2) is 37.1 Å². The first kappa shape index (κ1) is 23.3. The van der Waals surface area contributed by atoms with Crippen molar-refractivity contribution >= 4 is 49.9 Å². The molecule has 178 valence electrons. The number of nitrogens with one attached hydrogen (secondary N) is 3. The fourth-order valence-electron chi connectivity index (χ4n) is 3.36. The summed E-state index contributed by atoms with van der Waals surface area (Å²) in [5, 5.41) is 6.18. The second kappa shape index (κ2) is 8.82. The van der Waals surface area contributed by atoms with Crippen molar-refractivity contribution in [2.75, 3.05) is 28.2 Å². The summed E-state index contributed by atoms with van der Waals surface area (Å²) in [6.07, 6.45) is -1.74. The second-order valence-electron chi connectivity index (χ2n) is 7.61. The number of aromatic amines is 1. The van der Waals surface area contributed by atoms with Crippen LogP contribution < -0.4 is 14.9 Å². The van der Waals surface area contributed by atoms with E-state index in [1.807, 2.05) is 6.92 Å². The highest BCUT2D eigenvalue weighted by molar-refractivity contribution is 7.92. The Balaban J connectivity index is 1.82. The van der Waals surface area contributed by atoms with Crippen LogP contribution >= 0.6 is 0 Å². The molecule has 4 rings (SSSR count). The highest BCUT2D eigenvalue weighted by Gasteiger charge is 2.20. The number of imidazole rings is 1. The molecule has 0 atom stereocenters. The highest BCUT2D eigenvalue weighted by atomic mass is 32.2. The van der Waals surface area contributed by atoms with E-state index in [0.717, 1.165) is 16.3 Å². The summed E-state index contributed by atoms with van der Waals surface area (Å²) in [5.74, 6) is 0.818. The number of para-hydroxylation sites is 2. The summed E-state index contributed by atoms with van der Waals surface area (Å²) in [6, 6.07) is 10.0. The smallest absolute Gasteiger partial charge is 0.295 e. The zero-order valence-electron chi connectivity index (χ0n) is 18.8. The van der Waals surface area contributed by atoms with Crippen LogP contribution in [0.3, 0.4) is 0 Å². The van der Waals surface area contributed by atoms with Crippen LogP contribution in [0.15, 0.2) is 36.4 Å². The molecule has 0 aliphatic rings. The van der Waals surface area contributed by atoms with Gasteiger partial charge in [-0.3, -0.25) is 4.31 Å². The number of halogens is 2. The van der Waals surface area contributed by atoms with Gasteiger partial charge in [-0.05, 0) is 26.0 Å². The number of hydrogen-bond donors (Lipinski definition) is 3. The molecule has 0 unspecified atom stereocenters. The molecule has 13 heteroatoms. The molecule has 0 amide bonds. The van der Waals surface area contributed by atoms with Gasteiger partial charge in [0.2, 0.25) is 10.0 Å². The monoisotopic (exact) mass is 488 g/mol. The number of rotatable bonds is 7. The average Bonchev–Trinajstić information content (AvgIpc) is 3.17. The van der Waals surface area contributed by atoms with Gasteiger partial charge in [-0.2, -0.15) is 0 Å². The fraction of sp³-hybridized carbons (Fsp3) is 0.238. The SMILES string of the molecule is Cc1cc(Nc2cc(Nc3ccccc3N(C)S(C)(=O)=O)c3nc(C(F)F)[nH]c3n2)nc(C)n1. The number of alkyl halides is 2. The zero-order valence-corrected chi connectivity index (χ0v) is 19.6. The first-order valence-corrected chi connectivity index (χ1v) is 11.9. The molecule has 0 saturated carbocycles. The van der Waals surface area contributed by atoms with Crippen molar-refractivity contribution in [3.63, 3.8) is 0 Å². The quantitative estimate of drug-likeness (QED) is 0.353. The van der Waals surface area contributed by atoms with Crippen LogP contribution in [0.25, 0.3) is 11.2 Å². The normalized spacial score (nSPS) is 11.7. The minimum Gasteiger partial charge on any atom is -0.352 e. The average molecular weight is 489 g/mol. The Hall–Kier alpha value is -3.87. The van der Waals surface area contributed by atoms with Gasteiger partial charge >= 0.3 is 0 Å². The van der Waals surface area contributed by atoms with Crippen LogP contribution in [0, 0.1) is 13.8 Å². The third kappa shape index (κ3) is 4.88. The summed E-state index contributed by atoms with van der Waals surface area (Å²) in [5.41, 5.74) is 2.19. The Morgan fingerprint density at radius 2 is 1.68 bits per heavy atom. The van der Waals surface area contributed by atoms with Gasteiger partial charge in [-0.15, -0.1) is 0 Å². The first-order chi connectivity index (χ1) is 16.0. The van der Waals surface area contributed by atoms with Crippen LogP contribution in [0.4, 0.5) is 37.5 Å². The van der Waals surface area contributed by atoms with Crippen molar-refractivity contribution < 1.29 is 17.2 Å². The molecule has 34 heavy (non-hydrogen) atoms. The minimum absolute atomic E-state index is 0.124. The van der Waals surface area contributed by atoms with Crippen LogP contribution in [0.2, 0.25) is 0 Å². The Morgan fingerprint density at radius 3 is 2.35 bits per heavy atom. The second-order valence-corrected chi connectivity index (χ2v) is 9.63. The number of benzene rings is 1. The van der Waals surface area contributed by atoms with E-state index in [1.165, 1.54) is 7.05 Å². The number of nitrogens with zero attached hydrogens (tertiary/aromatic N) is 5. The molecular weight excluding hydrogens is 466 g/mol. The number of fused-ring (bicyclic) bond motifs is 1. The molecule has 0 bridgehead atoms. The molecule has 3 heterocycles. The summed E-state index contributed by atoms with van der Waals surface area (Å²) >= 11 is 0. The van der Waals surface area contributed by atoms with E-state index in [-0.39, 0.29) is 11.2 Å². The standard InChI is InChI=1S/C21H22F2N8O2S/c1-11-9-16(25-12(2)24-11)27-17-10-14(18-20(28-17)30-21(29-18)19(22)23)26-13-7-5-6-8-15(13)31(3)34(4,32)33/h5-10,19H,1-4H3,(H3,24,25,26,27,28,29,30). The Bertz CT molecular complexity index is 1450. The maximum atomic E-state index is 13.4. The van der Waals surface area contributed by atoms with E-state index < -0.39 is 22.3 Å². The molecule has 1 aromatic carbocycles. The summed E-state index contributed by atoms with van der Waals surface area (Å²) in [4.78, 5) is 19.4. The summed E-state index contributed by atoms with van der Waals surface area (Å²) < 4.78 is 52.0. The number of anilines is 5. The van der Waals surface area contributed by atoms with E-state index in [9.17, 15) is 17.2 Å². The maximum Gasteiger partial charge on any atom is 0.295 e. The van der Waals surface area contributed by atoms with Crippen molar-refractivity contribution in [3.8, 4) is 0 Å². The molecular formula is C21H22F2N8O2S. The van der Waals surface area contributed by atoms with Gasteiger partial charge in [0.25, 0.3) is 6.43 Å². The van der Waals surface area contributed by atoms with Crippen molar-refractivity contribution in [2.45, 2.75) is 20.3 Å². The fourth-order valence-corrected chi connectivity index (χ4v) is 3.88. The molecule has 0 radical (unpaired) electrons. The largest absolute Gasteiger partial charge is 0.352 e. The van der Waals surface area contributed by atoms with Crippen molar-refractivity contribution in [2.24, 2.45) is 0 Å². The van der Waals surface area contributed by atoms with Gasteiger partial charge in [0.15, 0.2) is 11.5 Å². The lowest BCUT2D eigenvalue weighted by Crippen LogP contribution is -2.25. The minimum atomic E-state index is -3.54. The van der Waals surface area contributed by atoms with E-state index in [0.29, 0.717) is 34.5 Å². The van der Waals surface area contributed by atoms with Gasteiger partial charge in [0.05, 0.1) is 23.3 Å². The number of aryl methyl sites for hydroxylation is 2. The number of H-pyrrole nitrogens is 1. The van der Waals surface area contributed by atoms with E-state index in [1.54, 1.807) is 43.3 Å². The predicted molar refractivity (Wildman–Crippen MR) is 127 cm³/mol. The molecule has 0 fully saturated rings. The van der Waals surface area contributed by atoms with Crippen LogP contribution in [-0.2, 0) is 10.0 Å². The third-order valence-electron chi connectivity index (χ3n) is 4.91. The van der Waals surface area contributed by atoms with Crippen molar-refractivity contribution in [1.82, 2.24) is 24.9 Å². The zero-order chi connectivity index (χ0) is 24.6. The lowest BCUT2D eigenvalue weighted by atomic mass is 10.2. The molecule has 0 aliphatic heterocycles. The maximum absolute atomic E-state index is 13.4. The van der Waals surface area contributed by atoms with Crippen LogP contribution in [-0.4, -0.2) is 46.6 Å². The Kier molecular flexibility index (Phi) is 6.04. The van der Waals surface area contributed by atoms with Gasteiger partial charge in [-0.1, -0.05) is 12.1 Å². The topological polar surface area (TPSA) is 129 Å². The molecule has 0 saturated heterocycles. The first-order valence-electron chi connectivity index (χ1n) is 10.1. The van der Waals surface area contributed by atoms with Crippen LogP contribution in [0.5, 0.6) is 0 Å². The summed E-state index contributed by atoms with van der Waals surface area (Å²) in [6.45, 7) is 3.57. The van der Waals surface area contributed by atoms with E-state index in [4.69, 9.17) is 0 Å². The van der Waals surface area contributed by atoms with E-state index in [2.05, 4.69) is 35.6 Å². The summed E-state index contributed by atoms with van der Waals surface area (Å²) in [7, 11) is -2.12. The molecule has 10 nitrogen and oxygen atoms in total. The van der Waals surface area contributed by atoms with E-state index >= 15 is 0 Å². The Labute approximate surface area is 194 Å². The van der Waals surface area contributed by atoms with Crippen molar-refractivity contribution in [1.29, 1.82) is 0 Å². The lowest BCUT2D eigenvalue weighted by molar-refractivity contribution is 0.142. The van der Waals surface area contributed by atoms with Crippen LogP contribution in [0.1, 0.15) is 23.8 Å². The number of sulfonamides is 1. The number of pyridine rings is 1. The van der Waals surface area contributed by atoms with Crippen molar-refractivity contribution in [3.05, 3.63) is 53.7 Å². The molecule has 3 N–H and O–H groups in total. The molecule has 4 aromatic rings. The highest BCUT2D eigenvalue weighted by Crippen LogP contribution is 2.34. The molecule has 3 aromatic heterocycles. The third-order valence-corrected chi connectivity index (χ3v) is 6.10. The molecule has 0 aliphatic carbocycles. The molecule has 0 spiro atoms. The number of aromatic nitrogens is 5. The Morgan fingerprint density at radius 1 is 0.971 bits per heavy atom. The lowest BCUT2D eigenvalue weighted by Gasteiger charge is -2.21. The van der Waals surface area contributed by atoms with Gasteiger partial charge in [0.1, 0.15) is 23.0 Å². The predicted octanol–water partition coefficient (Wildman–Crippen LogP) is 4.19. The van der Waals surface area contributed by atoms with Gasteiger partial charge < -0.3 is 15.6 Å².